The minimum absolute atomic E-state index is 0.122. The molecule has 0 spiro atoms. The first kappa shape index (κ1) is 16.4. The van der Waals surface area contributed by atoms with Gasteiger partial charge in [0.1, 0.15) is 5.82 Å². The minimum atomic E-state index is -0.322. The standard InChI is InChI=1S/C18H20FN3O2/c19-15-7-5-13(6-8-15)11-17(23)20-9-10-22-18(24)12-14-3-1-2-4-16(14)21-22/h5-8,12H,1-4,9-11H2,(H,20,23). The molecular formula is C18H20FN3O2. The van der Waals surface area contributed by atoms with Crippen LogP contribution in [0.25, 0.3) is 0 Å². The summed E-state index contributed by atoms with van der Waals surface area (Å²) >= 11 is 0. The maximum atomic E-state index is 12.8. The summed E-state index contributed by atoms with van der Waals surface area (Å²) in [7, 11) is 0. The van der Waals surface area contributed by atoms with Crippen molar-refractivity contribution in [3.05, 3.63) is 63.3 Å². The van der Waals surface area contributed by atoms with Crippen molar-refractivity contribution in [3.8, 4) is 0 Å². The number of fused-ring (bicyclic) bond motifs is 1. The van der Waals surface area contributed by atoms with Gasteiger partial charge in [-0.05, 0) is 48.9 Å². The Morgan fingerprint density at radius 3 is 2.75 bits per heavy atom. The minimum Gasteiger partial charge on any atom is -0.354 e. The third kappa shape index (κ3) is 4.07. The second-order valence-corrected chi connectivity index (χ2v) is 6.04. The zero-order valence-corrected chi connectivity index (χ0v) is 13.4. The van der Waals surface area contributed by atoms with E-state index in [1.807, 2.05) is 0 Å². The molecule has 1 aromatic carbocycles. The Morgan fingerprint density at radius 2 is 1.96 bits per heavy atom. The van der Waals surface area contributed by atoms with E-state index >= 15 is 0 Å². The van der Waals surface area contributed by atoms with Gasteiger partial charge in [-0.1, -0.05) is 12.1 Å². The lowest BCUT2D eigenvalue weighted by Gasteiger charge is -2.16. The van der Waals surface area contributed by atoms with E-state index in [1.165, 1.54) is 16.8 Å². The molecule has 1 amide bonds. The number of amides is 1. The number of rotatable bonds is 5. The van der Waals surface area contributed by atoms with Gasteiger partial charge in [-0.2, -0.15) is 5.10 Å². The number of nitrogens with one attached hydrogen (secondary N) is 1. The van der Waals surface area contributed by atoms with Crippen molar-refractivity contribution in [3.63, 3.8) is 0 Å². The van der Waals surface area contributed by atoms with Crippen LogP contribution in [-0.2, 0) is 30.6 Å². The molecule has 0 saturated heterocycles. The van der Waals surface area contributed by atoms with E-state index in [9.17, 15) is 14.0 Å². The van der Waals surface area contributed by atoms with Gasteiger partial charge in [-0.25, -0.2) is 9.07 Å². The first-order chi connectivity index (χ1) is 11.6. The zero-order valence-electron chi connectivity index (χ0n) is 13.4. The van der Waals surface area contributed by atoms with Gasteiger partial charge in [-0.15, -0.1) is 0 Å². The van der Waals surface area contributed by atoms with Gasteiger partial charge in [-0.3, -0.25) is 9.59 Å². The van der Waals surface area contributed by atoms with E-state index in [1.54, 1.807) is 18.2 Å². The SMILES string of the molecule is O=C(Cc1ccc(F)cc1)NCCn1nc2c(cc1=O)CCCC2. The summed E-state index contributed by atoms with van der Waals surface area (Å²) in [6.45, 7) is 0.687. The van der Waals surface area contributed by atoms with Crippen molar-refractivity contribution in [1.29, 1.82) is 0 Å². The molecule has 2 aromatic rings. The number of carbonyl (C=O) groups excluding carboxylic acids is 1. The average molecular weight is 329 g/mol. The van der Waals surface area contributed by atoms with Crippen molar-refractivity contribution in [2.45, 2.75) is 38.6 Å². The smallest absolute Gasteiger partial charge is 0.267 e. The van der Waals surface area contributed by atoms with Gasteiger partial charge in [0.25, 0.3) is 5.56 Å². The molecule has 1 aliphatic rings. The number of aromatic nitrogens is 2. The lowest BCUT2D eigenvalue weighted by Crippen LogP contribution is -2.33. The molecule has 5 nitrogen and oxygen atoms in total. The predicted octanol–water partition coefficient (Wildman–Crippen LogP) is 1.62. The fourth-order valence-corrected chi connectivity index (χ4v) is 2.91. The van der Waals surface area contributed by atoms with Gasteiger partial charge in [0.05, 0.1) is 18.7 Å². The van der Waals surface area contributed by atoms with Crippen LogP contribution in [0.4, 0.5) is 4.39 Å². The molecule has 0 bridgehead atoms. The predicted molar refractivity (Wildman–Crippen MR) is 88.3 cm³/mol. The Morgan fingerprint density at radius 1 is 1.21 bits per heavy atom. The maximum absolute atomic E-state index is 12.8. The molecule has 0 radical (unpaired) electrons. The summed E-state index contributed by atoms with van der Waals surface area (Å²) < 4.78 is 14.3. The number of benzene rings is 1. The van der Waals surface area contributed by atoms with Gasteiger partial charge < -0.3 is 5.32 Å². The molecule has 0 atom stereocenters. The highest BCUT2D eigenvalue weighted by Gasteiger charge is 2.13. The molecule has 0 aliphatic heterocycles. The van der Waals surface area contributed by atoms with E-state index in [0.29, 0.717) is 13.1 Å². The summed E-state index contributed by atoms with van der Waals surface area (Å²) in [4.78, 5) is 23.9. The van der Waals surface area contributed by atoms with Gasteiger partial charge in [0.2, 0.25) is 5.91 Å². The topological polar surface area (TPSA) is 64.0 Å². The van der Waals surface area contributed by atoms with Crippen molar-refractivity contribution >= 4 is 5.91 Å². The van der Waals surface area contributed by atoms with Crippen LogP contribution < -0.4 is 10.9 Å². The summed E-state index contributed by atoms with van der Waals surface area (Å²) in [5.41, 5.74) is 2.68. The van der Waals surface area contributed by atoms with Crippen LogP contribution >= 0.6 is 0 Å². The van der Waals surface area contributed by atoms with E-state index in [4.69, 9.17) is 0 Å². The number of hydrogen-bond acceptors (Lipinski definition) is 3. The largest absolute Gasteiger partial charge is 0.354 e. The fraction of sp³-hybridized carbons (Fsp3) is 0.389. The third-order valence-corrected chi connectivity index (χ3v) is 4.20. The van der Waals surface area contributed by atoms with E-state index in [2.05, 4.69) is 10.4 Å². The van der Waals surface area contributed by atoms with E-state index in [0.717, 1.165) is 42.5 Å². The van der Waals surface area contributed by atoms with Crippen molar-refractivity contribution < 1.29 is 9.18 Å². The maximum Gasteiger partial charge on any atom is 0.267 e. The normalized spacial score (nSPS) is 13.4. The number of aryl methyl sites for hydroxylation is 2. The van der Waals surface area contributed by atoms with Gasteiger partial charge in [0, 0.05) is 12.6 Å². The number of carbonyl (C=O) groups is 1. The van der Waals surface area contributed by atoms with E-state index in [-0.39, 0.29) is 23.7 Å². The number of hydrogen-bond donors (Lipinski definition) is 1. The molecule has 0 fully saturated rings. The molecule has 1 heterocycles. The Balaban J connectivity index is 1.53. The summed E-state index contributed by atoms with van der Waals surface area (Å²) in [5, 5.41) is 7.18. The molecule has 0 saturated carbocycles. The van der Waals surface area contributed by atoms with Crippen LogP contribution in [0.5, 0.6) is 0 Å². The van der Waals surface area contributed by atoms with E-state index < -0.39 is 0 Å². The average Bonchev–Trinajstić information content (AvgIpc) is 2.57. The molecule has 3 rings (SSSR count). The lowest BCUT2D eigenvalue weighted by atomic mass is 9.97. The first-order valence-electron chi connectivity index (χ1n) is 8.23. The monoisotopic (exact) mass is 329 g/mol. The second-order valence-electron chi connectivity index (χ2n) is 6.04. The molecule has 1 aromatic heterocycles. The highest BCUT2D eigenvalue weighted by molar-refractivity contribution is 5.78. The highest BCUT2D eigenvalue weighted by atomic mass is 19.1. The molecule has 1 N–H and O–H groups in total. The van der Waals surface area contributed by atoms with Crippen LogP contribution in [0.3, 0.4) is 0 Å². The van der Waals surface area contributed by atoms with Crippen LogP contribution in [0, 0.1) is 5.82 Å². The van der Waals surface area contributed by atoms with Gasteiger partial charge >= 0.3 is 0 Å². The molecule has 0 unspecified atom stereocenters. The highest BCUT2D eigenvalue weighted by Crippen LogP contribution is 2.16. The molecular weight excluding hydrogens is 309 g/mol. The van der Waals surface area contributed by atoms with Crippen LogP contribution in [0.2, 0.25) is 0 Å². The van der Waals surface area contributed by atoms with Crippen molar-refractivity contribution in [2.24, 2.45) is 0 Å². The Kier molecular flexibility index (Phi) is 5.03. The number of halogens is 1. The lowest BCUT2D eigenvalue weighted by molar-refractivity contribution is -0.120. The molecule has 24 heavy (non-hydrogen) atoms. The quantitative estimate of drug-likeness (QED) is 0.907. The molecule has 126 valence electrons. The zero-order chi connectivity index (χ0) is 16.9. The Hall–Kier alpha value is -2.50. The van der Waals surface area contributed by atoms with Crippen LogP contribution in [0.1, 0.15) is 29.7 Å². The summed E-state index contributed by atoms with van der Waals surface area (Å²) in [5.74, 6) is -0.482. The fourth-order valence-electron chi connectivity index (χ4n) is 2.91. The Bertz CT molecular complexity index is 784. The number of nitrogens with zero attached hydrogens (tertiary/aromatic N) is 2. The van der Waals surface area contributed by atoms with Gasteiger partial charge in [0.15, 0.2) is 0 Å². The molecule has 1 aliphatic carbocycles. The molecule has 6 heteroatoms. The Labute approximate surface area is 139 Å². The van der Waals surface area contributed by atoms with Crippen molar-refractivity contribution in [1.82, 2.24) is 15.1 Å². The third-order valence-electron chi connectivity index (χ3n) is 4.20. The van der Waals surface area contributed by atoms with Crippen LogP contribution in [0.15, 0.2) is 35.1 Å². The summed E-state index contributed by atoms with van der Waals surface area (Å²) in [6, 6.07) is 7.51. The second kappa shape index (κ2) is 7.38. The first-order valence-corrected chi connectivity index (χ1v) is 8.23. The van der Waals surface area contributed by atoms with Crippen LogP contribution in [-0.4, -0.2) is 22.2 Å². The van der Waals surface area contributed by atoms with Crippen molar-refractivity contribution in [2.75, 3.05) is 6.54 Å². The summed E-state index contributed by atoms with van der Waals surface area (Å²) in [6.07, 6.45) is 4.23.